The van der Waals surface area contributed by atoms with Gasteiger partial charge in [0.1, 0.15) is 6.04 Å². The fourth-order valence-corrected chi connectivity index (χ4v) is 1.56. The van der Waals surface area contributed by atoms with Crippen LogP contribution in [0.25, 0.3) is 6.08 Å². The van der Waals surface area contributed by atoms with Gasteiger partial charge >= 0.3 is 11.9 Å². The van der Waals surface area contributed by atoms with Crippen LogP contribution < -0.4 is 5.32 Å². The summed E-state index contributed by atoms with van der Waals surface area (Å²) >= 11 is 0. The SMILES string of the molecule is O=C(O)CCC(NC(=O)C=Cc1ccc(O)c(O)c1)C(=O)O. The van der Waals surface area contributed by atoms with E-state index in [1.165, 1.54) is 24.3 Å². The normalized spacial score (nSPS) is 12.0. The molecule has 0 aromatic heterocycles. The lowest BCUT2D eigenvalue weighted by molar-refractivity contribution is -0.142. The van der Waals surface area contributed by atoms with Crippen LogP contribution in [0.2, 0.25) is 0 Å². The maximum Gasteiger partial charge on any atom is 0.326 e. The number of carbonyl (C=O) groups is 3. The zero-order chi connectivity index (χ0) is 16.7. The molecule has 1 aromatic rings. The second kappa shape index (κ2) is 7.67. The molecule has 0 radical (unpaired) electrons. The zero-order valence-electron chi connectivity index (χ0n) is 11.4. The van der Waals surface area contributed by atoms with E-state index >= 15 is 0 Å². The van der Waals surface area contributed by atoms with Gasteiger partial charge in [0.05, 0.1) is 0 Å². The third-order valence-electron chi connectivity index (χ3n) is 2.69. The lowest BCUT2D eigenvalue weighted by Crippen LogP contribution is -2.40. The van der Waals surface area contributed by atoms with Crippen molar-refractivity contribution in [1.82, 2.24) is 5.32 Å². The first kappa shape index (κ1) is 17.0. The molecule has 1 amide bonds. The fraction of sp³-hybridized carbons (Fsp3) is 0.214. The van der Waals surface area contributed by atoms with Crippen LogP contribution in [-0.4, -0.2) is 44.3 Å². The molecule has 0 saturated carbocycles. The van der Waals surface area contributed by atoms with Crippen molar-refractivity contribution in [3.63, 3.8) is 0 Å². The van der Waals surface area contributed by atoms with Crippen molar-refractivity contribution in [2.24, 2.45) is 0 Å². The third-order valence-corrected chi connectivity index (χ3v) is 2.69. The Labute approximate surface area is 125 Å². The predicted molar refractivity (Wildman–Crippen MR) is 75.2 cm³/mol. The van der Waals surface area contributed by atoms with E-state index in [2.05, 4.69) is 5.32 Å². The molecular formula is C14H15NO7. The molecule has 8 nitrogen and oxygen atoms in total. The van der Waals surface area contributed by atoms with Gasteiger partial charge in [0.2, 0.25) is 5.91 Å². The lowest BCUT2D eigenvalue weighted by atomic mass is 10.1. The highest BCUT2D eigenvalue weighted by Gasteiger charge is 2.19. The molecule has 1 aromatic carbocycles. The molecule has 5 N–H and O–H groups in total. The standard InChI is InChI=1S/C14H15NO7/c16-10-4-1-8(7-11(10)17)2-5-12(18)15-9(14(21)22)3-6-13(19)20/h1-2,4-5,7,9,16-17H,3,6H2,(H,15,18)(H,19,20)(H,21,22). The number of hydrogen-bond acceptors (Lipinski definition) is 5. The number of hydrogen-bond donors (Lipinski definition) is 5. The van der Waals surface area contributed by atoms with E-state index in [9.17, 15) is 19.5 Å². The number of aromatic hydroxyl groups is 2. The summed E-state index contributed by atoms with van der Waals surface area (Å²) in [5.74, 6) is -3.86. The predicted octanol–water partition coefficient (Wildman–Crippen LogP) is 0.545. The average Bonchev–Trinajstić information content (AvgIpc) is 2.44. The maximum atomic E-state index is 11.6. The first-order valence-electron chi connectivity index (χ1n) is 6.24. The van der Waals surface area contributed by atoms with E-state index < -0.39 is 23.9 Å². The van der Waals surface area contributed by atoms with Gasteiger partial charge in [-0.2, -0.15) is 0 Å². The van der Waals surface area contributed by atoms with E-state index in [-0.39, 0.29) is 24.3 Å². The summed E-state index contributed by atoms with van der Waals surface area (Å²) in [5.41, 5.74) is 0.419. The molecule has 0 bridgehead atoms. The Kier molecular flexibility index (Phi) is 5.94. The van der Waals surface area contributed by atoms with Crippen molar-refractivity contribution >= 4 is 23.9 Å². The van der Waals surface area contributed by atoms with Crippen molar-refractivity contribution in [2.75, 3.05) is 0 Å². The average molecular weight is 309 g/mol. The van der Waals surface area contributed by atoms with Gasteiger partial charge in [-0.1, -0.05) is 6.07 Å². The van der Waals surface area contributed by atoms with Crippen LogP contribution in [0, 0.1) is 0 Å². The summed E-state index contributed by atoms with van der Waals surface area (Å²) < 4.78 is 0. The molecule has 0 aliphatic rings. The van der Waals surface area contributed by atoms with Crippen LogP contribution in [0.4, 0.5) is 0 Å². The minimum Gasteiger partial charge on any atom is -0.504 e. The number of carbonyl (C=O) groups excluding carboxylic acids is 1. The van der Waals surface area contributed by atoms with Crippen molar-refractivity contribution in [2.45, 2.75) is 18.9 Å². The van der Waals surface area contributed by atoms with Crippen LogP contribution in [0.5, 0.6) is 11.5 Å². The van der Waals surface area contributed by atoms with Crippen molar-refractivity contribution in [3.8, 4) is 11.5 Å². The number of aliphatic carboxylic acids is 2. The quantitative estimate of drug-likeness (QED) is 0.365. The number of phenolic OH excluding ortho intramolecular Hbond substituents is 2. The lowest BCUT2D eigenvalue weighted by Gasteiger charge is -2.11. The van der Waals surface area contributed by atoms with Crippen LogP contribution in [0.15, 0.2) is 24.3 Å². The Hall–Kier alpha value is -3.03. The summed E-state index contributed by atoms with van der Waals surface area (Å²) in [6, 6.07) is 2.59. The molecule has 0 aliphatic heterocycles. The molecule has 0 fully saturated rings. The molecule has 0 heterocycles. The van der Waals surface area contributed by atoms with Crippen LogP contribution in [0.3, 0.4) is 0 Å². The maximum absolute atomic E-state index is 11.6. The second-order valence-electron chi connectivity index (χ2n) is 4.41. The molecule has 1 rings (SSSR count). The number of carboxylic acids is 2. The van der Waals surface area contributed by atoms with E-state index in [4.69, 9.17) is 15.3 Å². The second-order valence-corrected chi connectivity index (χ2v) is 4.41. The summed E-state index contributed by atoms with van der Waals surface area (Å²) in [7, 11) is 0. The largest absolute Gasteiger partial charge is 0.504 e. The molecule has 1 unspecified atom stereocenters. The first-order valence-corrected chi connectivity index (χ1v) is 6.24. The van der Waals surface area contributed by atoms with Crippen molar-refractivity contribution in [3.05, 3.63) is 29.8 Å². The van der Waals surface area contributed by atoms with E-state index in [1.54, 1.807) is 0 Å². The van der Waals surface area contributed by atoms with Gasteiger partial charge in [-0.25, -0.2) is 4.79 Å². The van der Waals surface area contributed by atoms with E-state index in [1.807, 2.05) is 0 Å². The van der Waals surface area contributed by atoms with Crippen LogP contribution in [0.1, 0.15) is 18.4 Å². The third kappa shape index (κ3) is 5.53. The smallest absolute Gasteiger partial charge is 0.326 e. The van der Waals surface area contributed by atoms with Gasteiger partial charge in [-0.05, 0) is 30.2 Å². The number of rotatable bonds is 7. The number of phenols is 2. The highest BCUT2D eigenvalue weighted by atomic mass is 16.4. The van der Waals surface area contributed by atoms with E-state index in [0.717, 1.165) is 6.08 Å². The summed E-state index contributed by atoms with van der Waals surface area (Å²) in [5, 5.41) is 38.0. The molecule has 1 atom stereocenters. The van der Waals surface area contributed by atoms with Crippen molar-refractivity contribution < 1.29 is 34.8 Å². The highest BCUT2D eigenvalue weighted by molar-refractivity contribution is 5.94. The molecular weight excluding hydrogens is 294 g/mol. The Balaban J connectivity index is 2.66. The number of carboxylic acid groups (broad SMARTS) is 2. The first-order chi connectivity index (χ1) is 10.3. The van der Waals surface area contributed by atoms with Gasteiger partial charge in [0.15, 0.2) is 11.5 Å². The van der Waals surface area contributed by atoms with Gasteiger partial charge < -0.3 is 25.7 Å². The fourth-order valence-electron chi connectivity index (χ4n) is 1.56. The van der Waals surface area contributed by atoms with Crippen LogP contribution >= 0.6 is 0 Å². The summed E-state index contributed by atoms with van der Waals surface area (Å²) in [6.45, 7) is 0. The zero-order valence-corrected chi connectivity index (χ0v) is 11.4. The molecule has 0 saturated heterocycles. The van der Waals surface area contributed by atoms with Crippen molar-refractivity contribution in [1.29, 1.82) is 0 Å². The highest BCUT2D eigenvalue weighted by Crippen LogP contribution is 2.25. The summed E-state index contributed by atoms with van der Waals surface area (Å²) in [6.07, 6.45) is 1.74. The molecule has 22 heavy (non-hydrogen) atoms. The van der Waals surface area contributed by atoms with Gasteiger partial charge in [-0.15, -0.1) is 0 Å². The van der Waals surface area contributed by atoms with E-state index in [0.29, 0.717) is 5.56 Å². The van der Waals surface area contributed by atoms with Crippen LogP contribution in [-0.2, 0) is 14.4 Å². The monoisotopic (exact) mass is 309 g/mol. The Morgan fingerprint density at radius 2 is 1.82 bits per heavy atom. The molecule has 8 heteroatoms. The number of amides is 1. The summed E-state index contributed by atoms with van der Waals surface area (Å²) in [4.78, 5) is 32.9. The number of benzene rings is 1. The minimum atomic E-state index is -1.33. The van der Waals surface area contributed by atoms with Gasteiger partial charge in [0.25, 0.3) is 0 Å². The van der Waals surface area contributed by atoms with Gasteiger partial charge in [0, 0.05) is 12.5 Å². The Morgan fingerprint density at radius 1 is 1.14 bits per heavy atom. The topological polar surface area (TPSA) is 144 Å². The number of nitrogens with one attached hydrogen (secondary N) is 1. The molecule has 118 valence electrons. The Bertz CT molecular complexity index is 609. The minimum absolute atomic E-state index is 0.232. The molecule has 0 aliphatic carbocycles. The molecule has 0 spiro atoms. The Morgan fingerprint density at radius 3 is 2.36 bits per heavy atom. The van der Waals surface area contributed by atoms with Gasteiger partial charge in [-0.3, -0.25) is 9.59 Å².